The predicted molar refractivity (Wildman–Crippen MR) is 86.3 cm³/mol. The molecule has 1 aromatic carbocycles. The predicted octanol–water partition coefficient (Wildman–Crippen LogP) is 2.60. The van der Waals surface area contributed by atoms with E-state index < -0.39 is 6.04 Å². The molecule has 1 atom stereocenters. The summed E-state index contributed by atoms with van der Waals surface area (Å²) in [6.07, 6.45) is 0. The van der Waals surface area contributed by atoms with Crippen LogP contribution in [0.1, 0.15) is 20.8 Å². The van der Waals surface area contributed by atoms with Crippen LogP contribution in [0.2, 0.25) is 0 Å². The molecule has 0 aliphatic carbocycles. The minimum absolute atomic E-state index is 0.0572. The summed E-state index contributed by atoms with van der Waals surface area (Å²) < 4.78 is 0.931. The number of anilines is 1. The molecule has 1 aliphatic rings. The van der Waals surface area contributed by atoms with E-state index in [2.05, 4.69) is 21.2 Å². The number of hydrogen-bond acceptors (Lipinski definition) is 2. The Bertz CT molecular complexity index is 547. The molecular formula is C15H20BrN3O2. The number of nitrogens with zero attached hydrogens (tertiary/aromatic N) is 2. The number of amides is 3. The SMILES string of the molecule is CC(C)NC(=O)N1CCN(c2cccc(Br)c2)C(=O)[C@@H]1C. The summed E-state index contributed by atoms with van der Waals surface area (Å²) in [6.45, 7) is 6.61. The van der Waals surface area contributed by atoms with Crippen LogP contribution in [0.3, 0.4) is 0 Å². The average Bonchev–Trinajstić information content (AvgIpc) is 2.40. The van der Waals surface area contributed by atoms with Crippen molar-refractivity contribution in [3.05, 3.63) is 28.7 Å². The molecule has 114 valence electrons. The van der Waals surface area contributed by atoms with Gasteiger partial charge in [-0.1, -0.05) is 22.0 Å². The van der Waals surface area contributed by atoms with Crippen molar-refractivity contribution >= 4 is 33.6 Å². The van der Waals surface area contributed by atoms with Crippen molar-refractivity contribution < 1.29 is 9.59 Å². The maximum absolute atomic E-state index is 12.5. The third-order valence-corrected chi connectivity index (χ3v) is 3.94. The molecule has 3 amide bonds. The Kier molecular flexibility index (Phi) is 4.88. The van der Waals surface area contributed by atoms with Crippen LogP contribution in [-0.4, -0.2) is 42.0 Å². The van der Waals surface area contributed by atoms with Crippen molar-refractivity contribution in [1.82, 2.24) is 10.2 Å². The average molecular weight is 354 g/mol. The standard InChI is InChI=1S/C15H20BrN3O2/c1-10(2)17-15(21)18-7-8-19(14(20)11(18)3)13-6-4-5-12(16)9-13/h4-6,9-11H,7-8H2,1-3H3,(H,17,21)/t11-/m0/s1. The fourth-order valence-corrected chi connectivity index (χ4v) is 2.77. The molecule has 2 rings (SSSR count). The van der Waals surface area contributed by atoms with E-state index in [1.54, 1.807) is 16.7 Å². The lowest BCUT2D eigenvalue weighted by Gasteiger charge is -2.39. The van der Waals surface area contributed by atoms with Crippen LogP contribution >= 0.6 is 15.9 Å². The van der Waals surface area contributed by atoms with Crippen molar-refractivity contribution in [1.29, 1.82) is 0 Å². The Labute approximate surface area is 133 Å². The Balaban J connectivity index is 2.13. The summed E-state index contributed by atoms with van der Waals surface area (Å²) in [7, 11) is 0. The molecule has 1 aromatic rings. The molecule has 1 fully saturated rings. The first-order valence-electron chi connectivity index (χ1n) is 7.04. The smallest absolute Gasteiger partial charge is 0.318 e. The molecule has 0 radical (unpaired) electrons. The van der Waals surface area contributed by atoms with E-state index in [0.29, 0.717) is 13.1 Å². The quantitative estimate of drug-likeness (QED) is 0.888. The number of carbonyl (C=O) groups is 2. The maximum Gasteiger partial charge on any atom is 0.318 e. The van der Waals surface area contributed by atoms with Gasteiger partial charge in [-0.15, -0.1) is 0 Å². The molecule has 1 heterocycles. The maximum atomic E-state index is 12.5. The van der Waals surface area contributed by atoms with Crippen molar-refractivity contribution in [2.75, 3.05) is 18.0 Å². The van der Waals surface area contributed by atoms with Gasteiger partial charge in [0, 0.05) is 29.3 Å². The van der Waals surface area contributed by atoms with Crippen LogP contribution in [0.25, 0.3) is 0 Å². The largest absolute Gasteiger partial charge is 0.336 e. The molecule has 21 heavy (non-hydrogen) atoms. The molecule has 0 spiro atoms. The number of nitrogens with one attached hydrogen (secondary N) is 1. The molecule has 0 saturated carbocycles. The molecule has 0 aromatic heterocycles. The van der Waals surface area contributed by atoms with E-state index in [4.69, 9.17) is 0 Å². The lowest BCUT2D eigenvalue weighted by Crippen LogP contribution is -2.60. The van der Waals surface area contributed by atoms with E-state index in [9.17, 15) is 9.59 Å². The van der Waals surface area contributed by atoms with Crippen molar-refractivity contribution in [3.63, 3.8) is 0 Å². The fourth-order valence-electron chi connectivity index (χ4n) is 2.38. The number of carbonyl (C=O) groups excluding carboxylic acids is 2. The first-order valence-corrected chi connectivity index (χ1v) is 7.83. The molecular weight excluding hydrogens is 334 g/mol. The summed E-state index contributed by atoms with van der Waals surface area (Å²) in [5.41, 5.74) is 0.852. The Morgan fingerprint density at radius 2 is 2.10 bits per heavy atom. The summed E-state index contributed by atoms with van der Waals surface area (Å²) in [6, 6.07) is 7.05. The Morgan fingerprint density at radius 3 is 2.71 bits per heavy atom. The molecule has 1 N–H and O–H groups in total. The van der Waals surface area contributed by atoms with Gasteiger partial charge >= 0.3 is 6.03 Å². The number of hydrogen-bond donors (Lipinski definition) is 1. The second-order valence-corrected chi connectivity index (χ2v) is 6.36. The highest BCUT2D eigenvalue weighted by Crippen LogP contribution is 2.23. The van der Waals surface area contributed by atoms with Gasteiger partial charge < -0.3 is 15.1 Å². The number of rotatable bonds is 2. The Morgan fingerprint density at radius 1 is 1.38 bits per heavy atom. The number of halogens is 1. The van der Waals surface area contributed by atoms with Gasteiger partial charge in [0.1, 0.15) is 6.04 Å². The van der Waals surface area contributed by atoms with E-state index >= 15 is 0 Å². The molecule has 1 aliphatic heterocycles. The highest BCUT2D eigenvalue weighted by molar-refractivity contribution is 9.10. The van der Waals surface area contributed by atoms with Crippen molar-refractivity contribution in [2.24, 2.45) is 0 Å². The number of urea groups is 1. The first kappa shape index (κ1) is 15.8. The van der Waals surface area contributed by atoms with Crippen LogP contribution in [-0.2, 0) is 4.79 Å². The van der Waals surface area contributed by atoms with Crippen LogP contribution < -0.4 is 10.2 Å². The van der Waals surface area contributed by atoms with E-state index in [-0.39, 0.29) is 18.0 Å². The van der Waals surface area contributed by atoms with Crippen LogP contribution in [0.15, 0.2) is 28.7 Å². The van der Waals surface area contributed by atoms with Gasteiger partial charge in [0.15, 0.2) is 0 Å². The minimum Gasteiger partial charge on any atom is -0.336 e. The Hall–Kier alpha value is -1.56. The monoisotopic (exact) mass is 353 g/mol. The van der Waals surface area contributed by atoms with Gasteiger partial charge in [0.2, 0.25) is 5.91 Å². The third-order valence-electron chi connectivity index (χ3n) is 3.45. The van der Waals surface area contributed by atoms with Gasteiger partial charge in [-0.05, 0) is 39.0 Å². The second kappa shape index (κ2) is 6.47. The van der Waals surface area contributed by atoms with E-state index in [1.807, 2.05) is 38.1 Å². The summed E-state index contributed by atoms with van der Waals surface area (Å²) in [5, 5.41) is 2.84. The minimum atomic E-state index is -0.462. The van der Waals surface area contributed by atoms with Gasteiger partial charge in [0.25, 0.3) is 0 Å². The molecule has 5 nitrogen and oxygen atoms in total. The van der Waals surface area contributed by atoms with Crippen molar-refractivity contribution in [3.8, 4) is 0 Å². The van der Waals surface area contributed by atoms with Crippen LogP contribution in [0.5, 0.6) is 0 Å². The van der Waals surface area contributed by atoms with Crippen LogP contribution in [0, 0.1) is 0 Å². The van der Waals surface area contributed by atoms with E-state index in [0.717, 1.165) is 10.2 Å². The first-order chi connectivity index (χ1) is 9.90. The highest BCUT2D eigenvalue weighted by atomic mass is 79.9. The lowest BCUT2D eigenvalue weighted by molar-refractivity contribution is -0.124. The van der Waals surface area contributed by atoms with Crippen LogP contribution in [0.4, 0.5) is 10.5 Å². The van der Waals surface area contributed by atoms with Gasteiger partial charge in [-0.25, -0.2) is 4.79 Å². The molecule has 0 unspecified atom stereocenters. The van der Waals surface area contributed by atoms with Gasteiger partial charge in [0.05, 0.1) is 0 Å². The number of piperazine rings is 1. The van der Waals surface area contributed by atoms with Gasteiger partial charge in [-0.3, -0.25) is 4.79 Å². The second-order valence-electron chi connectivity index (χ2n) is 5.44. The highest BCUT2D eigenvalue weighted by Gasteiger charge is 2.35. The van der Waals surface area contributed by atoms with Gasteiger partial charge in [-0.2, -0.15) is 0 Å². The molecule has 1 saturated heterocycles. The summed E-state index contributed by atoms with van der Waals surface area (Å²) in [5.74, 6) is -0.0572. The fraction of sp³-hybridized carbons (Fsp3) is 0.467. The molecule has 0 bridgehead atoms. The third kappa shape index (κ3) is 3.56. The normalized spacial score (nSPS) is 19.1. The van der Waals surface area contributed by atoms with E-state index in [1.165, 1.54) is 0 Å². The lowest BCUT2D eigenvalue weighted by atomic mass is 10.1. The zero-order chi connectivity index (χ0) is 15.6. The zero-order valence-electron chi connectivity index (χ0n) is 12.5. The topological polar surface area (TPSA) is 52.7 Å². The number of benzene rings is 1. The zero-order valence-corrected chi connectivity index (χ0v) is 14.1. The summed E-state index contributed by atoms with van der Waals surface area (Å²) >= 11 is 3.41. The molecule has 6 heteroatoms. The summed E-state index contributed by atoms with van der Waals surface area (Å²) in [4.78, 5) is 27.9. The van der Waals surface area contributed by atoms with Crippen molar-refractivity contribution in [2.45, 2.75) is 32.9 Å².